The molecule has 0 saturated heterocycles. The first-order valence-corrected chi connectivity index (χ1v) is 7.09. The van der Waals surface area contributed by atoms with E-state index in [2.05, 4.69) is 19.2 Å². The molecule has 5 N–H and O–H groups in total. The van der Waals surface area contributed by atoms with E-state index in [9.17, 15) is 4.79 Å². The summed E-state index contributed by atoms with van der Waals surface area (Å²) < 4.78 is 0. The lowest BCUT2D eigenvalue weighted by Gasteiger charge is -2.20. The van der Waals surface area contributed by atoms with Crippen LogP contribution in [0.25, 0.3) is 0 Å². The SMILES string of the molecule is CC(C)C1(CNc2sc(C#N)c(N)c2C(N)=O)CC1. The Bertz CT molecular complexity index is 552. The van der Waals surface area contributed by atoms with Crippen LogP contribution in [0.2, 0.25) is 0 Å². The van der Waals surface area contributed by atoms with Crippen molar-refractivity contribution >= 4 is 27.9 Å². The number of hydrogen-bond acceptors (Lipinski definition) is 5. The molecular formula is C13H18N4OS. The molecule has 0 atom stereocenters. The van der Waals surface area contributed by atoms with Crippen LogP contribution in [0, 0.1) is 22.7 Å². The van der Waals surface area contributed by atoms with Crippen LogP contribution < -0.4 is 16.8 Å². The molecule has 1 heterocycles. The first-order chi connectivity index (χ1) is 8.91. The van der Waals surface area contributed by atoms with Gasteiger partial charge in [-0.3, -0.25) is 4.79 Å². The van der Waals surface area contributed by atoms with Gasteiger partial charge in [-0.1, -0.05) is 13.8 Å². The van der Waals surface area contributed by atoms with Crippen molar-refractivity contribution < 1.29 is 4.79 Å². The highest BCUT2D eigenvalue weighted by molar-refractivity contribution is 7.17. The number of nitrogen functional groups attached to an aromatic ring is 1. The molecule has 1 aliphatic rings. The highest BCUT2D eigenvalue weighted by atomic mass is 32.1. The average molecular weight is 278 g/mol. The van der Waals surface area contributed by atoms with Gasteiger partial charge in [-0.2, -0.15) is 5.26 Å². The molecule has 1 saturated carbocycles. The number of hydrogen-bond donors (Lipinski definition) is 3. The number of nitrogens with zero attached hydrogens (tertiary/aromatic N) is 1. The Morgan fingerprint density at radius 3 is 2.63 bits per heavy atom. The molecule has 6 heteroatoms. The molecule has 19 heavy (non-hydrogen) atoms. The molecule has 1 aromatic heterocycles. The van der Waals surface area contributed by atoms with Gasteiger partial charge in [0.1, 0.15) is 15.9 Å². The normalized spacial score (nSPS) is 16.1. The van der Waals surface area contributed by atoms with E-state index in [1.807, 2.05) is 6.07 Å². The van der Waals surface area contributed by atoms with Gasteiger partial charge in [-0.25, -0.2) is 0 Å². The largest absolute Gasteiger partial charge is 0.396 e. The molecule has 0 unspecified atom stereocenters. The van der Waals surface area contributed by atoms with E-state index in [0.717, 1.165) is 6.54 Å². The summed E-state index contributed by atoms with van der Waals surface area (Å²) in [6, 6.07) is 1.99. The molecule has 1 fully saturated rings. The Morgan fingerprint density at radius 1 is 1.58 bits per heavy atom. The predicted molar refractivity (Wildman–Crippen MR) is 77.0 cm³/mol. The first-order valence-electron chi connectivity index (χ1n) is 6.27. The zero-order valence-corrected chi connectivity index (χ0v) is 11.9. The van der Waals surface area contributed by atoms with Crippen molar-refractivity contribution in [2.24, 2.45) is 17.1 Å². The number of carbonyl (C=O) groups excluding carboxylic acids is 1. The summed E-state index contributed by atoms with van der Waals surface area (Å²) >= 11 is 1.20. The van der Waals surface area contributed by atoms with E-state index in [1.165, 1.54) is 24.2 Å². The molecule has 5 nitrogen and oxygen atoms in total. The molecule has 0 bridgehead atoms. The highest BCUT2D eigenvalue weighted by Gasteiger charge is 2.45. The molecule has 0 aromatic carbocycles. The van der Waals surface area contributed by atoms with Gasteiger partial charge in [0, 0.05) is 6.54 Å². The Hall–Kier alpha value is -1.74. The Balaban J connectivity index is 2.21. The van der Waals surface area contributed by atoms with Crippen LogP contribution >= 0.6 is 11.3 Å². The van der Waals surface area contributed by atoms with E-state index in [0.29, 0.717) is 21.2 Å². The third kappa shape index (κ3) is 2.38. The molecule has 0 radical (unpaired) electrons. The van der Waals surface area contributed by atoms with Crippen molar-refractivity contribution in [2.45, 2.75) is 26.7 Å². The van der Waals surface area contributed by atoms with Crippen LogP contribution in [0.3, 0.4) is 0 Å². The van der Waals surface area contributed by atoms with Crippen LogP contribution in [0.4, 0.5) is 10.7 Å². The number of carbonyl (C=O) groups is 1. The molecule has 102 valence electrons. The number of rotatable bonds is 5. The maximum atomic E-state index is 11.4. The van der Waals surface area contributed by atoms with Gasteiger partial charge in [0.15, 0.2) is 0 Å². The second-order valence-electron chi connectivity index (χ2n) is 5.40. The Kier molecular flexibility index (Phi) is 3.42. The van der Waals surface area contributed by atoms with Crippen LogP contribution in [0.1, 0.15) is 41.9 Å². The number of nitrogens with two attached hydrogens (primary N) is 2. The zero-order valence-electron chi connectivity index (χ0n) is 11.1. The average Bonchev–Trinajstić information content (AvgIpc) is 3.06. The van der Waals surface area contributed by atoms with Gasteiger partial charge in [0.25, 0.3) is 5.91 Å². The summed E-state index contributed by atoms with van der Waals surface area (Å²) in [5, 5.41) is 12.8. The molecule has 1 aromatic rings. The number of nitrogens with one attached hydrogen (secondary N) is 1. The number of amides is 1. The third-order valence-corrected chi connectivity index (χ3v) is 5.08. The van der Waals surface area contributed by atoms with Gasteiger partial charge in [-0.15, -0.1) is 11.3 Å². The van der Waals surface area contributed by atoms with Crippen LogP contribution in [0.5, 0.6) is 0 Å². The number of anilines is 2. The van der Waals surface area contributed by atoms with Crippen LogP contribution in [-0.2, 0) is 0 Å². The quantitative estimate of drug-likeness (QED) is 0.767. The van der Waals surface area contributed by atoms with Crippen molar-refractivity contribution in [1.82, 2.24) is 0 Å². The van der Waals surface area contributed by atoms with E-state index < -0.39 is 5.91 Å². The monoisotopic (exact) mass is 278 g/mol. The van der Waals surface area contributed by atoms with Gasteiger partial charge in [0.05, 0.1) is 11.3 Å². The minimum Gasteiger partial charge on any atom is -0.396 e. The topological polar surface area (TPSA) is 105 Å². The summed E-state index contributed by atoms with van der Waals surface area (Å²) in [6.45, 7) is 5.19. The Morgan fingerprint density at radius 2 is 2.21 bits per heavy atom. The van der Waals surface area contributed by atoms with Gasteiger partial charge >= 0.3 is 0 Å². The lowest BCUT2D eigenvalue weighted by atomic mass is 9.92. The predicted octanol–water partition coefficient (Wildman–Crippen LogP) is 2.15. The van der Waals surface area contributed by atoms with E-state index >= 15 is 0 Å². The fourth-order valence-electron chi connectivity index (χ4n) is 2.27. The molecule has 2 rings (SSSR count). The van der Waals surface area contributed by atoms with Crippen LogP contribution in [0.15, 0.2) is 0 Å². The number of primary amides is 1. The number of nitriles is 1. The maximum Gasteiger partial charge on any atom is 0.253 e. The molecule has 1 amide bonds. The van der Waals surface area contributed by atoms with E-state index in [4.69, 9.17) is 16.7 Å². The van der Waals surface area contributed by atoms with Gasteiger partial charge in [0.2, 0.25) is 0 Å². The zero-order chi connectivity index (χ0) is 14.2. The third-order valence-electron chi connectivity index (χ3n) is 4.01. The van der Waals surface area contributed by atoms with Gasteiger partial charge in [-0.05, 0) is 24.2 Å². The molecule has 0 spiro atoms. The lowest BCUT2D eigenvalue weighted by molar-refractivity contribution is 0.100. The first kappa shape index (κ1) is 13.7. The number of thiophene rings is 1. The summed E-state index contributed by atoms with van der Waals surface area (Å²) in [5.74, 6) is -0.00285. The minimum atomic E-state index is -0.591. The molecule has 0 aliphatic heterocycles. The van der Waals surface area contributed by atoms with E-state index in [1.54, 1.807) is 0 Å². The smallest absolute Gasteiger partial charge is 0.253 e. The standard InChI is InChI=1S/C13H18N4OS/c1-7(2)13(3-4-13)6-17-12-9(11(16)18)10(15)8(5-14)19-12/h7,17H,3-4,6,15H2,1-2H3,(H2,16,18). The molecule has 1 aliphatic carbocycles. The second-order valence-corrected chi connectivity index (χ2v) is 6.42. The molecular weight excluding hydrogens is 260 g/mol. The van der Waals surface area contributed by atoms with Crippen molar-refractivity contribution in [3.8, 4) is 6.07 Å². The van der Waals surface area contributed by atoms with Crippen molar-refractivity contribution in [1.29, 1.82) is 5.26 Å². The maximum absolute atomic E-state index is 11.4. The fourth-order valence-corrected chi connectivity index (χ4v) is 3.19. The van der Waals surface area contributed by atoms with Crippen molar-refractivity contribution in [3.05, 3.63) is 10.4 Å². The van der Waals surface area contributed by atoms with E-state index in [-0.39, 0.29) is 11.3 Å². The Labute approximate surface area is 116 Å². The second kappa shape index (κ2) is 4.74. The highest BCUT2D eigenvalue weighted by Crippen LogP contribution is 2.52. The van der Waals surface area contributed by atoms with Crippen molar-refractivity contribution in [2.75, 3.05) is 17.6 Å². The summed E-state index contributed by atoms with van der Waals surface area (Å²) in [6.07, 6.45) is 2.38. The summed E-state index contributed by atoms with van der Waals surface area (Å²) in [7, 11) is 0. The summed E-state index contributed by atoms with van der Waals surface area (Å²) in [4.78, 5) is 11.8. The van der Waals surface area contributed by atoms with Crippen LogP contribution in [-0.4, -0.2) is 12.5 Å². The minimum absolute atomic E-state index is 0.192. The summed E-state index contributed by atoms with van der Waals surface area (Å²) in [5.41, 5.74) is 11.9. The van der Waals surface area contributed by atoms with Crippen molar-refractivity contribution in [3.63, 3.8) is 0 Å². The fraction of sp³-hybridized carbons (Fsp3) is 0.538. The van der Waals surface area contributed by atoms with Gasteiger partial charge < -0.3 is 16.8 Å². The lowest BCUT2D eigenvalue weighted by Crippen LogP contribution is -2.22.